The van der Waals surface area contributed by atoms with Gasteiger partial charge in [0.25, 0.3) is 0 Å². The number of ether oxygens (including phenoxy) is 1. The quantitative estimate of drug-likeness (QED) is 0.868. The zero-order valence-electron chi connectivity index (χ0n) is 11.1. The Balaban J connectivity index is 2.16. The van der Waals surface area contributed by atoms with Gasteiger partial charge in [-0.3, -0.25) is 4.90 Å². The molecule has 1 heterocycles. The van der Waals surface area contributed by atoms with Crippen molar-refractivity contribution in [3.8, 4) is 0 Å². The molecule has 0 aliphatic carbocycles. The van der Waals surface area contributed by atoms with E-state index in [0.717, 1.165) is 13.1 Å². The number of benzene rings is 1. The average Bonchev–Trinajstić information content (AvgIpc) is 2.42. The predicted molar refractivity (Wildman–Crippen MR) is 72.5 cm³/mol. The van der Waals surface area contributed by atoms with Crippen molar-refractivity contribution in [1.29, 1.82) is 0 Å². The molecule has 1 fully saturated rings. The molecule has 0 amide bonds. The van der Waals surface area contributed by atoms with Gasteiger partial charge in [0.15, 0.2) is 0 Å². The number of aliphatic hydroxyl groups excluding tert-OH is 1. The molecule has 1 N–H and O–H groups in total. The summed E-state index contributed by atoms with van der Waals surface area (Å²) in [5, 5.41) is 10.3. The van der Waals surface area contributed by atoms with Crippen LogP contribution >= 0.6 is 0 Å². The molecule has 18 heavy (non-hydrogen) atoms. The molecular formula is C15H23NO2. The van der Waals surface area contributed by atoms with E-state index in [0.29, 0.717) is 6.61 Å². The average molecular weight is 249 g/mol. The second kappa shape index (κ2) is 6.88. The van der Waals surface area contributed by atoms with Crippen LogP contribution in [-0.2, 0) is 4.74 Å². The summed E-state index contributed by atoms with van der Waals surface area (Å²) in [7, 11) is 1.64. The lowest BCUT2D eigenvalue weighted by atomic mass is 9.97. The van der Waals surface area contributed by atoms with Crippen LogP contribution in [0.2, 0.25) is 0 Å². The third-order valence-electron chi connectivity index (χ3n) is 3.63. The smallest absolute Gasteiger partial charge is 0.0969 e. The summed E-state index contributed by atoms with van der Waals surface area (Å²) in [6, 6.07) is 10.3. The Hall–Kier alpha value is -0.900. The van der Waals surface area contributed by atoms with Crippen molar-refractivity contribution in [3.63, 3.8) is 0 Å². The van der Waals surface area contributed by atoms with Crippen LogP contribution in [0.3, 0.4) is 0 Å². The second-order valence-electron chi connectivity index (χ2n) is 4.97. The Morgan fingerprint density at radius 1 is 1.17 bits per heavy atom. The molecule has 100 valence electrons. The zero-order chi connectivity index (χ0) is 12.8. The van der Waals surface area contributed by atoms with Crippen molar-refractivity contribution in [2.75, 3.05) is 26.8 Å². The Morgan fingerprint density at radius 2 is 1.83 bits per heavy atom. The SMILES string of the molecule is COC[C@H](O)[C@@H](c1ccccc1)N1CCCCC1. The van der Waals surface area contributed by atoms with E-state index in [1.165, 1.54) is 24.8 Å². The summed E-state index contributed by atoms with van der Waals surface area (Å²) >= 11 is 0. The Bertz CT molecular complexity index is 336. The van der Waals surface area contributed by atoms with Crippen LogP contribution in [0, 0.1) is 0 Å². The van der Waals surface area contributed by atoms with E-state index in [1.807, 2.05) is 18.2 Å². The van der Waals surface area contributed by atoms with Gasteiger partial charge in [0, 0.05) is 7.11 Å². The molecule has 3 nitrogen and oxygen atoms in total. The maximum atomic E-state index is 10.3. The van der Waals surface area contributed by atoms with Gasteiger partial charge in [-0.1, -0.05) is 36.8 Å². The minimum Gasteiger partial charge on any atom is -0.389 e. The molecular weight excluding hydrogens is 226 g/mol. The summed E-state index contributed by atoms with van der Waals surface area (Å²) in [6.07, 6.45) is 3.29. The maximum Gasteiger partial charge on any atom is 0.0969 e. The fourth-order valence-electron chi connectivity index (χ4n) is 2.78. The molecule has 0 spiro atoms. The third-order valence-corrected chi connectivity index (χ3v) is 3.63. The fourth-order valence-corrected chi connectivity index (χ4v) is 2.78. The highest BCUT2D eigenvalue weighted by atomic mass is 16.5. The number of rotatable bonds is 5. The monoisotopic (exact) mass is 249 g/mol. The molecule has 0 unspecified atom stereocenters. The largest absolute Gasteiger partial charge is 0.389 e. The van der Waals surface area contributed by atoms with E-state index >= 15 is 0 Å². The lowest BCUT2D eigenvalue weighted by molar-refractivity contribution is -0.0106. The number of hydrogen-bond acceptors (Lipinski definition) is 3. The summed E-state index contributed by atoms with van der Waals surface area (Å²) in [4.78, 5) is 2.39. The van der Waals surface area contributed by atoms with Gasteiger partial charge in [0.2, 0.25) is 0 Å². The van der Waals surface area contributed by atoms with Gasteiger partial charge >= 0.3 is 0 Å². The first-order valence-electron chi connectivity index (χ1n) is 6.79. The van der Waals surface area contributed by atoms with Crippen molar-refractivity contribution in [2.45, 2.75) is 31.4 Å². The molecule has 0 bridgehead atoms. The normalized spacial score (nSPS) is 20.6. The van der Waals surface area contributed by atoms with Gasteiger partial charge < -0.3 is 9.84 Å². The predicted octanol–water partition coefficient (Wildman–Crippen LogP) is 2.22. The third kappa shape index (κ3) is 3.31. The van der Waals surface area contributed by atoms with Crippen LogP contribution in [0.15, 0.2) is 30.3 Å². The standard InChI is InChI=1S/C15H23NO2/c1-18-12-14(17)15(13-8-4-2-5-9-13)16-10-6-3-7-11-16/h2,4-5,8-9,14-15,17H,3,6-7,10-12H2,1H3/t14-,15+/m0/s1. The topological polar surface area (TPSA) is 32.7 Å². The molecule has 1 aliphatic rings. The fraction of sp³-hybridized carbons (Fsp3) is 0.600. The summed E-state index contributed by atoms with van der Waals surface area (Å²) < 4.78 is 5.12. The van der Waals surface area contributed by atoms with E-state index < -0.39 is 6.10 Å². The van der Waals surface area contributed by atoms with Gasteiger partial charge in [0.1, 0.15) is 0 Å². The highest BCUT2D eigenvalue weighted by Crippen LogP contribution is 2.27. The molecule has 0 aromatic heterocycles. The first kappa shape index (κ1) is 13.5. The van der Waals surface area contributed by atoms with E-state index in [2.05, 4.69) is 17.0 Å². The molecule has 0 saturated carbocycles. The first-order valence-corrected chi connectivity index (χ1v) is 6.79. The van der Waals surface area contributed by atoms with Crippen molar-refractivity contribution in [1.82, 2.24) is 4.90 Å². The van der Waals surface area contributed by atoms with E-state index in [4.69, 9.17) is 4.74 Å². The summed E-state index contributed by atoms with van der Waals surface area (Å²) in [5.74, 6) is 0. The van der Waals surface area contributed by atoms with Crippen molar-refractivity contribution >= 4 is 0 Å². The molecule has 2 atom stereocenters. The van der Waals surface area contributed by atoms with Gasteiger partial charge in [-0.15, -0.1) is 0 Å². The Labute approximate surface area is 109 Å². The van der Waals surface area contributed by atoms with E-state index in [-0.39, 0.29) is 6.04 Å². The van der Waals surface area contributed by atoms with Crippen LogP contribution in [0.5, 0.6) is 0 Å². The molecule has 2 rings (SSSR count). The molecule has 1 aliphatic heterocycles. The number of aliphatic hydroxyl groups is 1. The van der Waals surface area contributed by atoms with Crippen molar-refractivity contribution in [2.24, 2.45) is 0 Å². The minimum absolute atomic E-state index is 0.0615. The van der Waals surface area contributed by atoms with Gasteiger partial charge in [-0.05, 0) is 31.5 Å². The second-order valence-corrected chi connectivity index (χ2v) is 4.97. The van der Waals surface area contributed by atoms with Crippen LogP contribution in [0.1, 0.15) is 30.9 Å². The molecule has 0 radical (unpaired) electrons. The number of nitrogens with zero attached hydrogens (tertiary/aromatic N) is 1. The zero-order valence-corrected chi connectivity index (χ0v) is 11.1. The van der Waals surface area contributed by atoms with E-state index in [9.17, 15) is 5.11 Å². The van der Waals surface area contributed by atoms with Crippen molar-refractivity contribution < 1.29 is 9.84 Å². The molecule has 3 heteroatoms. The summed E-state index contributed by atoms with van der Waals surface area (Å²) in [6.45, 7) is 2.52. The van der Waals surface area contributed by atoms with Crippen LogP contribution < -0.4 is 0 Å². The Morgan fingerprint density at radius 3 is 2.44 bits per heavy atom. The molecule has 1 saturated heterocycles. The Kier molecular flexibility index (Phi) is 5.17. The van der Waals surface area contributed by atoms with Gasteiger partial charge in [0.05, 0.1) is 18.8 Å². The lowest BCUT2D eigenvalue weighted by Crippen LogP contribution is -2.41. The number of methoxy groups -OCH3 is 1. The summed E-state index contributed by atoms with van der Waals surface area (Å²) in [5.41, 5.74) is 1.18. The van der Waals surface area contributed by atoms with Crippen molar-refractivity contribution in [3.05, 3.63) is 35.9 Å². The number of piperidine rings is 1. The van der Waals surface area contributed by atoms with Gasteiger partial charge in [-0.25, -0.2) is 0 Å². The van der Waals surface area contributed by atoms with Crippen LogP contribution in [0.4, 0.5) is 0 Å². The molecule has 1 aromatic carbocycles. The van der Waals surface area contributed by atoms with Gasteiger partial charge in [-0.2, -0.15) is 0 Å². The molecule has 1 aromatic rings. The van der Waals surface area contributed by atoms with Crippen LogP contribution in [-0.4, -0.2) is 42.9 Å². The number of hydrogen-bond donors (Lipinski definition) is 1. The highest BCUT2D eigenvalue weighted by molar-refractivity contribution is 5.20. The lowest BCUT2D eigenvalue weighted by Gasteiger charge is -2.37. The van der Waals surface area contributed by atoms with E-state index in [1.54, 1.807) is 7.11 Å². The number of likely N-dealkylation sites (tertiary alicyclic amines) is 1. The maximum absolute atomic E-state index is 10.3. The van der Waals surface area contributed by atoms with Crippen LogP contribution in [0.25, 0.3) is 0 Å². The highest BCUT2D eigenvalue weighted by Gasteiger charge is 2.28. The minimum atomic E-state index is -0.463. The first-order chi connectivity index (χ1) is 8.83.